The number of carboxylic acid groups (broad SMARTS) is 1. The van der Waals surface area contributed by atoms with Crippen LogP contribution in [0.3, 0.4) is 0 Å². The maximum atomic E-state index is 10.7. The van der Waals surface area contributed by atoms with Crippen molar-refractivity contribution in [3.05, 3.63) is 29.8 Å². The average Bonchev–Trinajstić information content (AvgIpc) is 2.19. The van der Waals surface area contributed by atoms with Crippen LogP contribution in [0.1, 0.15) is 5.56 Å². The van der Waals surface area contributed by atoms with Crippen molar-refractivity contribution < 1.29 is 19.8 Å². The molecule has 2 N–H and O–H groups in total. The van der Waals surface area contributed by atoms with Crippen LogP contribution in [0.15, 0.2) is 29.4 Å². The van der Waals surface area contributed by atoms with Gasteiger partial charge in [-0.2, -0.15) is 0 Å². The molecular weight excluding hydrogens is 186 g/mol. The molecule has 0 aromatic heterocycles. The van der Waals surface area contributed by atoms with Gasteiger partial charge >= 0.3 is 5.97 Å². The molecule has 5 heteroatoms. The van der Waals surface area contributed by atoms with Crippen molar-refractivity contribution in [1.82, 2.24) is 0 Å². The van der Waals surface area contributed by atoms with E-state index in [1.54, 1.807) is 18.2 Å². The number of rotatable bonds is 3. The average molecular weight is 195 g/mol. The molecule has 0 atom stereocenters. The van der Waals surface area contributed by atoms with Gasteiger partial charge in [-0.15, -0.1) is 0 Å². The summed E-state index contributed by atoms with van der Waals surface area (Å²) in [4.78, 5) is 10.7. The molecule has 14 heavy (non-hydrogen) atoms. The Labute approximate surface area is 80.2 Å². The van der Waals surface area contributed by atoms with Crippen LogP contribution in [0, 0.1) is 0 Å². The maximum absolute atomic E-state index is 10.7. The quantitative estimate of drug-likeness (QED) is 0.427. The zero-order valence-electron chi connectivity index (χ0n) is 7.47. The summed E-state index contributed by atoms with van der Waals surface area (Å²) in [5.74, 6) is -0.959. The lowest BCUT2D eigenvalue weighted by atomic mass is 10.1. The van der Waals surface area contributed by atoms with Crippen LogP contribution in [0.4, 0.5) is 0 Å². The highest BCUT2D eigenvalue weighted by molar-refractivity contribution is 6.43. The molecule has 0 amide bonds. The van der Waals surface area contributed by atoms with Gasteiger partial charge in [0.2, 0.25) is 0 Å². The summed E-state index contributed by atoms with van der Waals surface area (Å²) in [6.45, 7) is 0. The van der Waals surface area contributed by atoms with Gasteiger partial charge in [0.25, 0.3) is 0 Å². The van der Waals surface area contributed by atoms with Crippen molar-refractivity contribution in [2.45, 2.75) is 0 Å². The van der Waals surface area contributed by atoms with E-state index in [0.29, 0.717) is 5.75 Å². The van der Waals surface area contributed by atoms with E-state index in [-0.39, 0.29) is 5.56 Å². The molecule has 0 heterocycles. The van der Waals surface area contributed by atoms with E-state index in [4.69, 9.17) is 15.1 Å². The Hall–Kier alpha value is -2.04. The zero-order valence-corrected chi connectivity index (χ0v) is 7.47. The molecule has 1 aromatic rings. The molecule has 74 valence electrons. The molecule has 0 bridgehead atoms. The Bertz CT molecular complexity index is 373. The molecule has 1 aromatic carbocycles. The number of para-hydroxylation sites is 1. The van der Waals surface area contributed by atoms with Crippen molar-refractivity contribution >= 4 is 11.7 Å². The van der Waals surface area contributed by atoms with E-state index < -0.39 is 11.7 Å². The summed E-state index contributed by atoms with van der Waals surface area (Å²) in [5.41, 5.74) is -0.201. The van der Waals surface area contributed by atoms with Gasteiger partial charge in [-0.25, -0.2) is 4.79 Å². The van der Waals surface area contributed by atoms with Crippen molar-refractivity contribution in [2.75, 3.05) is 7.11 Å². The summed E-state index contributed by atoms with van der Waals surface area (Å²) in [7, 11) is 1.41. The van der Waals surface area contributed by atoms with E-state index in [2.05, 4.69) is 5.16 Å². The SMILES string of the molecule is COc1ccccc1C(=NO)C(=O)O. The summed E-state index contributed by atoms with van der Waals surface area (Å²) in [6.07, 6.45) is 0. The first-order valence-electron chi connectivity index (χ1n) is 3.79. The molecule has 1 rings (SSSR count). The van der Waals surface area contributed by atoms with Gasteiger partial charge < -0.3 is 15.1 Å². The minimum Gasteiger partial charge on any atom is -0.496 e. The number of carbonyl (C=O) groups is 1. The van der Waals surface area contributed by atoms with Crippen LogP contribution in [0.5, 0.6) is 5.75 Å². The summed E-state index contributed by atoms with van der Waals surface area (Å²) >= 11 is 0. The largest absolute Gasteiger partial charge is 0.496 e. The fourth-order valence-electron chi connectivity index (χ4n) is 1.05. The second kappa shape index (κ2) is 4.27. The van der Waals surface area contributed by atoms with Gasteiger partial charge in [0.05, 0.1) is 12.7 Å². The van der Waals surface area contributed by atoms with Crippen LogP contribution in [-0.2, 0) is 4.79 Å². The number of oxime groups is 1. The second-order valence-corrected chi connectivity index (χ2v) is 2.45. The Morgan fingerprint density at radius 3 is 2.57 bits per heavy atom. The summed E-state index contributed by atoms with van der Waals surface area (Å²) in [6, 6.07) is 6.41. The highest BCUT2D eigenvalue weighted by Gasteiger charge is 2.16. The minimum atomic E-state index is -1.31. The third kappa shape index (κ3) is 1.82. The Kier molecular flexibility index (Phi) is 3.06. The molecule has 5 nitrogen and oxygen atoms in total. The fourth-order valence-corrected chi connectivity index (χ4v) is 1.05. The number of hydrogen-bond acceptors (Lipinski definition) is 4. The number of methoxy groups -OCH3 is 1. The highest BCUT2D eigenvalue weighted by atomic mass is 16.5. The zero-order chi connectivity index (χ0) is 10.6. The number of ether oxygens (including phenoxy) is 1. The van der Waals surface area contributed by atoms with Gasteiger partial charge in [0, 0.05) is 0 Å². The van der Waals surface area contributed by atoms with Crippen LogP contribution >= 0.6 is 0 Å². The van der Waals surface area contributed by atoms with Crippen molar-refractivity contribution in [3.8, 4) is 5.75 Å². The molecule has 0 spiro atoms. The minimum absolute atomic E-state index is 0.241. The standard InChI is InChI=1S/C9H9NO4/c1-14-7-5-3-2-4-6(7)8(10-13)9(11)12/h2-5,13H,1H3,(H,11,12). The van der Waals surface area contributed by atoms with Crippen LogP contribution in [0.25, 0.3) is 0 Å². The highest BCUT2D eigenvalue weighted by Crippen LogP contribution is 2.18. The van der Waals surface area contributed by atoms with Crippen molar-refractivity contribution in [2.24, 2.45) is 5.16 Å². The molecule has 0 saturated carbocycles. The van der Waals surface area contributed by atoms with Crippen molar-refractivity contribution in [1.29, 1.82) is 0 Å². The lowest BCUT2D eigenvalue weighted by Gasteiger charge is -2.05. The Morgan fingerprint density at radius 1 is 1.43 bits per heavy atom. The molecule has 0 aliphatic carbocycles. The van der Waals surface area contributed by atoms with Gasteiger partial charge in [0.1, 0.15) is 5.75 Å². The van der Waals surface area contributed by atoms with Gasteiger partial charge in [-0.05, 0) is 12.1 Å². The molecule has 0 unspecified atom stereocenters. The fraction of sp³-hybridized carbons (Fsp3) is 0.111. The van der Waals surface area contributed by atoms with E-state index in [1.165, 1.54) is 13.2 Å². The topological polar surface area (TPSA) is 79.1 Å². The summed E-state index contributed by atoms with van der Waals surface area (Å²) < 4.78 is 4.92. The first-order chi connectivity index (χ1) is 6.70. The van der Waals surface area contributed by atoms with E-state index >= 15 is 0 Å². The first-order valence-corrected chi connectivity index (χ1v) is 3.79. The van der Waals surface area contributed by atoms with Crippen LogP contribution < -0.4 is 4.74 Å². The van der Waals surface area contributed by atoms with E-state index in [9.17, 15) is 4.79 Å². The lowest BCUT2D eigenvalue weighted by molar-refractivity contribution is -0.129. The number of hydrogen-bond donors (Lipinski definition) is 2. The van der Waals surface area contributed by atoms with E-state index in [1.807, 2.05) is 0 Å². The van der Waals surface area contributed by atoms with Crippen LogP contribution in [-0.4, -0.2) is 29.1 Å². The second-order valence-electron chi connectivity index (χ2n) is 2.45. The smallest absolute Gasteiger partial charge is 0.358 e. The molecule has 0 aliphatic rings. The van der Waals surface area contributed by atoms with Crippen molar-refractivity contribution in [3.63, 3.8) is 0 Å². The molecule has 0 saturated heterocycles. The van der Waals surface area contributed by atoms with Crippen LogP contribution in [0.2, 0.25) is 0 Å². The van der Waals surface area contributed by atoms with Gasteiger partial charge in [-0.3, -0.25) is 0 Å². The van der Waals surface area contributed by atoms with Gasteiger partial charge in [-0.1, -0.05) is 17.3 Å². The molecular formula is C9H9NO4. The molecule has 0 radical (unpaired) electrons. The number of aliphatic carboxylic acids is 1. The van der Waals surface area contributed by atoms with E-state index in [0.717, 1.165) is 0 Å². The summed E-state index contributed by atoms with van der Waals surface area (Å²) in [5, 5.41) is 19.9. The van der Waals surface area contributed by atoms with Gasteiger partial charge in [0.15, 0.2) is 5.71 Å². The Morgan fingerprint density at radius 2 is 2.07 bits per heavy atom. The third-order valence-corrected chi connectivity index (χ3v) is 1.66. The first kappa shape index (κ1) is 10.0. The molecule has 0 aliphatic heterocycles. The lowest BCUT2D eigenvalue weighted by Crippen LogP contribution is -2.15. The number of carboxylic acids is 1. The maximum Gasteiger partial charge on any atom is 0.358 e. The third-order valence-electron chi connectivity index (χ3n) is 1.66. The Balaban J connectivity index is 3.23. The normalized spacial score (nSPS) is 11.1. The monoisotopic (exact) mass is 195 g/mol. The molecule has 0 fully saturated rings. The predicted octanol–water partition coefficient (Wildman–Crippen LogP) is 0.958. The predicted molar refractivity (Wildman–Crippen MR) is 49.0 cm³/mol. The number of nitrogens with zero attached hydrogens (tertiary/aromatic N) is 1. The number of benzene rings is 1.